The van der Waals surface area contributed by atoms with E-state index in [1.807, 2.05) is 23.5 Å². The van der Waals surface area contributed by atoms with E-state index in [2.05, 4.69) is 53.8 Å². The summed E-state index contributed by atoms with van der Waals surface area (Å²) in [5.41, 5.74) is 1.30. The normalized spacial score (nSPS) is 11.0. The van der Waals surface area contributed by atoms with Crippen LogP contribution in [0.3, 0.4) is 0 Å². The van der Waals surface area contributed by atoms with Crippen molar-refractivity contribution in [1.82, 2.24) is 10.2 Å². The van der Waals surface area contributed by atoms with Crippen molar-refractivity contribution in [3.8, 4) is 5.75 Å². The molecule has 0 radical (unpaired) electrons. The van der Waals surface area contributed by atoms with Gasteiger partial charge >= 0.3 is 0 Å². The molecule has 6 heteroatoms. The van der Waals surface area contributed by atoms with Crippen LogP contribution in [0.4, 0.5) is 0 Å². The Balaban J connectivity index is 0.00000338. The largest absolute Gasteiger partial charge is 0.497 e. The molecule has 0 atom stereocenters. The summed E-state index contributed by atoms with van der Waals surface area (Å²) in [4.78, 5) is 8.41. The van der Waals surface area contributed by atoms with Crippen molar-refractivity contribution in [3.05, 3.63) is 52.2 Å². The molecule has 0 saturated carbocycles. The summed E-state index contributed by atoms with van der Waals surface area (Å²) >= 11 is 1.81. The molecule has 0 unspecified atom stereocenters. The van der Waals surface area contributed by atoms with Crippen LogP contribution in [0, 0.1) is 0 Å². The lowest BCUT2D eigenvalue weighted by molar-refractivity contribution is 0.414. The van der Waals surface area contributed by atoms with Gasteiger partial charge in [0.2, 0.25) is 0 Å². The average molecular weight is 487 g/mol. The highest BCUT2D eigenvalue weighted by Gasteiger charge is 2.06. The third-order valence-corrected chi connectivity index (χ3v) is 4.93. The summed E-state index contributed by atoms with van der Waals surface area (Å²) in [5, 5.41) is 5.52. The second-order valence-electron chi connectivity index (χ2n) is 5.94. The first-order valence-electron chi connectivity index (χ1n) is 8.87. The number of ether oxygens (including phenoxy) is 1. The van der Waals surface area contributed by atoms with Gasteiger partial charge in [-0.2, -0.15) is 0 Å². The second kappa shape index (κ2) is 13.0. The van der Waals surface area contributed by atoms with E-state index in [1.165, 1.54) is 10.4 Å². The molecule has 1 aromatic heterocycles. The van der Waals surface area contributed by atoms with Crippen LogP contribution in [-0.2, 0) is 12.8 Å². The molecule has 0 fully saturated rings. The smallest absolute Gasteiger partial charge is 0.193 e. The van der Waals surface area contributed by atoms with E-state index in [-0.39, 0.29) is 24.0 Å². The number of methoxy groups -OCH3 is 1. The maximum Gasteiger partial charge on any atom is 0.193 e. The summed E-state index contributed by atoms with van der Waals surface area (Å²) in [7, 11) is 3.81. The lowest BCUT2D eigenvalue weighted by atomic mass is 10.1. The fraction of sp³-hybridized carbons (Fsp3) is 0.450. The average Bonchev–Trinajstić information content (AvgIpc) is 3.16. The van der Waals surface area contributed by atoms with E-state index in [4.69, 9.17) is 9.73 Å². The van der Waals surface area contributed by atoms with Gasteiger partial charge in [0.15, 0.2) is 5.96 Å². The Morgan fingerprint density at radius 1 is 1.23 bits per heavy atom. The summed E-state index contributed by atoms with van der Waals surface area (Å²) < 4.78 is 5.28. The van der Waals surface area contributed by atoms with Gasteiger partial charge in [-0.05, 0) is 55.3 Å². The topological polar surface area (TPSA) is 36.9 Å². The van der Waals surface area contributed by atoms with Gasteiger partial charge in [-0.1, -0.05) is 18.2 Å². The van der Waals surface area contributed by atoms with Gasteiger partial charge in [0.1, 0.15) is 5.75 Å². The molecular weight excluding hydrogens is 457 g/mol. The minimum atomic E-state index is 0. The predicted octanol–water partition coefficient (Wildman–Crippen LogP) is 4.45. The van der Waals surface area contributed by atoms with Gasteiger partial charge in [-0.3, -0.25) is 4.99 Å². The number of hydrogen-bond donors (Lipinski definition) is 1. The molecule has 0 aliphatic carbocycles. The summed E-state index contributed by atoms with van der Waals surface area (Å²) in [6, 6.07) is 12.6. The van der Waals surface area contributed by atoms with E-state index in [9.17, 15) is 0 Å². The highest BCUT2D eigenvalue weighted by molar-refractivity contribution is 14.0. The fourth-order valence-electron chi connectivity index (χ4n) is 2.60. The van der Waals surface area contributed by atoms with E-state index >= 15 is 0 Å². The minimum absolute atomic E-state index is 0. The SMILES string of the molecule is CCNC(=NCCCc1cccc(OC)c1)N(C)CCc1cccs1.I. The summed E-state index contributed by atoms with van der Waals surface area (Å²) in [6.07, 6.45) is 3.10. The van der Waals surface area contributed by atoms with Crippen LogP contribution in [0.25, 0.3) is 0 Å². The molecule has 2 rings (SSSR count). The molecule has 1 N–H and O–H groups in total. The molecule has 0 saturated heterocycles. The molecule has 4 nitrogen and oxygen atoms in total. The standard InChI is InChI=1S/C20H29N3OS.HI/c1-4-21-20(23(2)14-12-19-11-7-15-25-19)22-13-6-9-17-8-5-10-18(16-17)24-3;/h5,7-8,10-11,15-16H,4,6,9,12-14H2,1-3H3,(H,21,22);1H. The van der Waals surface area contributed by atoms with Crippen molar-refractivity contribution in [2.24, 2.45) is 4.99 Å². The van der Waals surface area contributed by atoms with Gasteiger partial charge in [0, 0.05) is 31.6 Å². The van der Waals surface area contributed by atoms with Crippen molar-refractivity contribution in [2.45, 2.75) is 26.2 Å². The van der Waals surface area contributed by atoms with Crippen molar-refractivity contribution in [2.75, 3.05) is 33.8 Å². The van der Waals surface area contributed by atoms with Crippen molar-refractivity contribution < 1.29 is 4.74 Å². The Hall–Kier alpha value is -1.28. The molecule has 1 heterocycles. The Labute approximate surface area is 178 Å². The lowest BCUT2D eigenvalue weighted by Crippen LogP contribution is -2.40. The number of nitrogens with one attached hydrogen (secondary N) is 1. The van der Waals surface area contributed by atoms with E-state index in [1.54, 1.807) is 7.11 Å². The first kappa shape index (κ1) is 22.8. The number of hydrogen-bond acceptors (Lipinski definition) is 3. The van der Waals surface area contributed by atoms with Crippen molar-refractivity contribution in [1.29, 1.82) is 0 Å². The first-order chi connectivity index (χ1) is 12.2. The predicted molar refractivity (Wildman–Crippen MR) is 123 cm³/mol. The molecule has 0 aliphatic rings. The van der Waals surface area contributed by atoms with Crippen molar-refractivity contribution >= 4 is 41.3 Å². The van der Waals surface area contributed by atoms with Gasteiger partial charge in [0.05, 0.1) is 7.11 Å². The zero-order valence-corrected chi connectivity index (χ0v) is 19.1. The molecule has 26 heavy (non-hydrogen) atoms. The van der Waals surface area contributed by atoms with Crippen LogP contribution in [0.15, 0.2) is 46.8 Å². The molecule has 2 aromatic rings. The van der Waals surface area contributed by atoms with Gasteiger partial charge in [-0.25, -0.2) is 0 Å². The molecule has 0 aliphatic heterocycles. The van der Waals surface area contributed by atoms with Crippen LogP contribution in [0.2, 0.25) is 0 Å². The second-order valence-corrected chi connectivity index (χ2v) is 6.97. The molecule has 0 bridgehead atoms. The van der Waals surface area contributed by atoms with Crippen LogP contribution in [0.5, 0.6) is 5.75 Å². The number of guanidine groups is 1. The maximum absolute atomic E-state index is 5.28. The number of thiophene rings is 1. The Morgan fingerprint density at radius 2 is 2.08 bits per heavy atom. The van der Waals surface area contributed by atoms with Crippen LogP contribution in [-0.4, -0.2) is 44.7 Å². The third-order valence-electron chi connectivity index (χ3n) is 3.99. The molecule has 144 valence electrons. The van der Waals surface area contributed by atoms with E-state index in [0.717, 1.165) is 50.6 Å². The third kappa shape index (κ3) is 7.95. The van der Waals surface area contributed by atoms with E-state index < -0.39 is 0 Å². The van der Waals surface area contributed by atoms with Gasteiger partial charge < -0.3 is 15.0 Å². The number of halogens is 1. The fourth-order valence-corrected chi connectivity index (χ4v) is 3.30. The summed E-state index contributed by atoms with van der Waals surface area (Å²) in [5.74, 6) is 1.91. The van der Waals surface area contributed by atoms with Crippen LogP contribution in [0.1, 0.15) is 23.8 Å². The van der Waals surface area contributed by atoms with Crippen LogP contribution < -0.4 is 10.1 Å². The highest BCUT2D eigenvalue weighted by atomic mass is 127. The zero-order chi connectivity index (χ0) is 17.9. The molecule has 0 amide bonds. The van der Waals surface area contributed by atoms with E-state index in [0.29, 0.717) is 0 Å². The number of aliphatic imine (C=N–C) groups is 1. The summed E-state index contributed by atoms with van der Waals surface area (Å²) in [6.45, 7) is 4.79. The van der Waals surface area contributed by atoms with Crippen LogP contribution >= 0.6 is 35.3 Å². The quantitative estimate of drug-likeness (QED) is 0.246. The maximum atomic E-state index is 5.28. The molecular formula is C20H30IN3OS. The van der Waals surface area contributed by atoms with Gasteiger partial charge in [-0.15, -0.1) is 35.3 Å². The molecule has 0 spiro atoms. The van der Waals surface area contributed by atoms with Crippen molar-refractivity contribution in [3.63, 3.8) is 0 Å². The Morgan fingerprint density at radius 3 is 2.77 bits per heavy atom. The minimum Gasteiger partial charge on any atom is -0.497 e. The lowest BCUT2D eigenvalue weighted by Gasteiger charge is -2.21. The Bertz CT molecular complexity index is 646. The molecule has 1 aromatic carbocycles. The van der Waals surface area contributed by atoms with Gasteiger partial charge in [0.25, 0.3) is 0 Å². The first-order valence-corrected chi connectivity index (χ1v) is 9.75. The number of nitrogens with zero attached hydrogens (tertiary/aromatic N) is 2. The highest BCUT2D eigenvalue weighted by Crippen LogP contribution is 2.14. The zero-order valence-electron chi connectivity index (χ0n) is 15.9. The number of likely N-dealkylation sites (N-methyl/N-ethyl adjacent to an activating group) is 1. The number of benzene rings is 1. The monoisotopic (exact) mass is 487 g/mol. The number of rotatable bonds is 9. The Kier molecular flexibility index (Phi) is 11.4. The number of aryl methyl sites for hydroxylation is 1.